The molecule has 0 saturated heterocycles. The lowest BCUT2D eigenvalue weighted by Gasteiger charge is -2.26. The van der Waals surface area contributed by atoms with E-state index in [-0.39, 0.29) is 27.6 Å². The molecule has 0 aromatic carbocycles. The number of nitrogens with one attached hydrogen (secondary N) is 3. The third-order valence-corrected chi connectivity index (χ3v) is 4.34. The van der Waals surface area contributed by atoms with Crippen molar-refractivity contribution in [3.05, 3.63) is 34.7 Å². The van der Waals surface area contributed by atoms with Crippen LogP contribution in [0.25, 0.3) is 22.4 Å². The fraction of sp³-hybridized carbons (Fsp3) is 0.294. The molecule has 10 heteroatoms. The molecule has 7 nitrogen and oxygen atoms in total. The number of amides is 1. The number of carbonyl (C=O) groups excluding carboxylic acids is 1. The fourth-order valence-electron chi connectivity index (χ4n) is 2.48. The Morgan fingerprint density at radius 2 is 2.11 bits per heavy atom. The van der Waals surface area contributed by atoms with Crippen molar-refractivity contribution in [2.75, 3.05) is 18.5 Å². The van der Waals surface area contributed by atoms with Crippen LogP contribution in [-0.2, 0) is 4.79 Å². The van der Waals surface area contributed by atoms with Crippen molar-refractivity contribution in [3.63, 3.8) is 0 Å². The normalized spacial score (nSPS) is 11.6. The van der Waals surface area contributed by atoms with Crippen LogP contribution in [0.2, 0.25) is 10.0 Å². The molecule has 1 amide bonds. The fourth-order valence-corrected chi connectivity index (χ4v) is 2.78. The van der Waals surface area contributed by atoms with E-state index in [0.29, 0.717) is 22.1 Å². The van der Waals surface area contributed by atoms with Crippen molar-refractivity contribution in [2.45, 2.75) is 19.4 Å². The smallest absolute Gasteiger partial charge is 0.245 e. The Hall–Kier alpha value is -2.45. The highest BCUT2D eigenvalue weighted by atomic mass is 35.5. The molecule has 0 unspecified atom stereocenters. The average molecular weight is 417 g/mol. The molecule has 0 spiro atoms. The van der Waals surface area contributed by atoms with Gasteiger partial charge in [0, 0.05) is 34.2 Å². The maximum atomic E-state index is 12.3. The monoisotopic (exact) mass is 416 g/mol. The highest BCUT2D eigenvalue weighted by Crippen LogP contribution is 2.30. The standard InChI is InChI=1S/C17H17Cl2FN6O.3H2/c1-17(2,16(27)21-4-3-20)26-15-12(19)8-24-14(25-15)11-7-23-13-10(11)5-9(18)6-22-13;;;/h5-8H,3-4H2,1-2H3,(H,21,27)(H,22,23)(H,24,25,26);3*1H. The molecule has 0 aliphatic carbocycles. The summed E-state index contributed by atoms with van der Waals surface area (Å²) in [6.45, 7) is 2.59. The van der Waals surface area contributed by atoms with Gasteiger partial charge in [-0.2, -0.15) is 0 Å². The summed E-state index contributed by atoms with van der Waals surface area (Å²) < 4.78 is 12.3. The van der Waals surface area contributed by atoms with Gasteiger partial charge in [-0.15, -0.1) is 0 Å². The number of aromatic nitrogens is 4. The molecule has 0 bridgehead atoms. The van der Waals surface area contributed by atoms with Crippen LogP contribution < -0.4 is 10.6 Å². The van der Waals surface area contributed by atoms with E-state index in [4.69, 9.17) is 23.2 Å². The molecule has 3 N–H and O–H groups in total. The Labute approximate surface area is 169 Å². The first-order chi connectivity index (χ1) is 12.8. The average Bonchev–Trinajstić information content (AvgIpc) is 3.04. The highest BCUT2D eigenvalue weighted by Gasteiger charge is 2.28. The van der Waals surface area contributed by atoms with Crippen LogP contribution in [0.15, 0.2) is 24.7 Å². The molecule has 3 aromatic heterocycles. The van der Waals surface area contributed by atoms with E-state index < -0.39 is 12.2 Å². The van der Waals surface area contributed by atoms with E-state index >= 15 is 0 Å². The number of hydrogen-bond donors (Lipinski definition) is 3. The molecule has 3 aromatic rings. The molecule has 0 fully saturated rings. The first-order valence-corrected chi connectivity index (χ1v) is 8.85. The Morgan fingerprint density at radius 3 is 2.85 bits per heavy atom. The summed E-state index contributed by atoms with van der Waals surface area (Å²) in [7, 11) is 0. The van der Waals surface area contributed by atoms with Gasteiger partial charge in [0.05, 0.1) is 11.2 Å². The zero-order valence-electron chi connectivity index (χ0n) is 14.6. The predicted octanol–water partition coefficient (Wildman–Crippen LogP) is 4.34. The molecule has 0 aliphatic rings. The van der Waals surface area contributed by atoms with E-state index in [1.165, 1.54) is 6.20 Å². The van der Waals surface area contributed by atoms with E-state index in [9.17, 15) is 9.18 Å². The second-order valence-corrected chi connectivity index (χ2v) is 7.18. The highest BCUT2D eigenvalue weighted by molar-refractivity contribution is 6.33. The molecule has 3 rings (SSSR count). The van der Waals surface area contributed by atoms with Gasteiger partial charge >= 0.3 is 0 Å². The maximum absolute atomic E-state index is 12.3. The third kappa shape index (κ3) is 4.12. The summed E-state index contributed by atoms with van der Waals surface area (Å²) in [6.07, 6.45) is 4.71. The predicted molar refractivity (Wildman–Crippen MR) is 110 cm³/mol. The van der Waals surface area contributed by atoms with Crippen molar-refractivity contribution in [1.29, 1.82) is 0 Å². The number of nitrogens with zero attached hydrogens (tertiary/aromatic N) is 3. The molecule has 3 heterocycles. The topological polar surface area (TPSA) is 95.6 Å². The van der Waals surface area contributed by atoms with E-state index in [0.717, 1.165) is 5.39 Å². The first-order valence-electron chi connectivity index (χ1n) is 8.10. The minimum absolute atomic E-state index is 0. The van der Waals surface area contributed by atoms with Crippen molar-refractivity contribution in [1.82, 2.24) is 25.3 Å². The lowest BCUT2D eigenvalue weighted by Crippen LogP contribution is -2.48. The largest absolute Gasteiger partial charge is 0.355 e. The summed E-state index contributed by atoms with van der Waals surface area (Å²) in [5.74, 6) is 0.294. The number of carbonyl (C=O) groups is 1. The van der Waals surface area contributed by atoms with Gasteiger partial charge < -0.3 is 15.6 Å². The number of halogens is 3. The zero-order chi connectivity index (χ0) is 19.6. The van der Waals surface area contributed by atoms with Crippen LogP contribution in [0.3, 0.4) is 0 Å². The summed E-state index contributed by atoms with van der Waals surface area (Å²) in [5, 5.41) is 6.98. The Bertz CT molecular complexity index is 1000. The second kappa shape index (κ2) is 7.66. The Balaban J connectivity index is 0.00000280. The number of pyridine rings is 1. The van der Waals surface area contributed by atoms with E-state index in [1.807, 2.05) is 0 Å². The third-order valence-electron chi connectivity index (χ3n) is 3.86. The number of fused-ring (bicyclic) bond motifs is 1. The van der Waals surface area contributed by atoms with Crippen LogP contribution in [0.4, 0.5) is 10.2 Å². The molecule has 148 valence electrons. The number of rotatable bonds is 6. The lowest BCUT2D eigenvalue weighted by molar-refractivity contribution is -0.124. The molecule has 0 saturated carbocycles. The van der Waals surface area contributed by atoms with Crippen LogP contribution in [-0.4, -0.2) is 44.6 Å². The Morgan fingerprint density at radius 1 is 1.33 bits per heavy atom. The van der Waals surface area contributed by atoms with Gasteiger partial charge in [0.2, 0.25) is 5.91 Å². The van der Waals surface area contributed by atoms with Crippen molar-refractivity contribution in [3.8, 4) is 11.4 Å². The summed E-state index contributed by atoms with van der Waals surface area (Å²) >= 11 is 12.2. The summed E-state index contributed by atoms with van der Waals surface area (Å²) in [6, 6.07) is 1.76. The molecular formula is C17H23Cl2FN6O. The maximum Gasteiger partial charge on any atom is 0.245 e. The number of anilines is 1. The van der Waals surface area contributed by atoms with E-state index in [1.54, 1.807) is 32.3 Å². The number of alkyl halides is 1. The lowest BCUT2D eigenvalue weighted by atomic mass is 10.0. The van der Waals surface area contributed by atoms with Gasteiger partial charge in [0.15, 0.2) is 5.82 Å². The van der Waals surface area contributed by atoms with Crippen molar-refractivity contribution < 1.29 is 13.5 Å². The number of aromatic amines is 1. The van der Waals surface area contributed by atoms with Crippen molar-refractivity contribution in [2.24, 2.45) is 0 Å². The number of H-pyrrole nitrogens is 1. The number of hydrogen-bond acceptors (Lipinski definition) is 5. The van der Waals surface area contributed by atoms with E-state index in [2.05, 4.69) is 30.6 Å². The van der Waals surface area contributed by atoms with Gasteiger partial charge in [0.1, 0.15) is 28.7 Å². The van der Waals surface area contributed by atoms with Crippen LogP contribution in [0.5, 0.6) is 0 Å². The second-order valence-electron chi connectivity index (χ2n) is 6.34. The van der Waals surface area contributed by atoms with Crippen LogP contribution in [0.1, 0.15) is 18.1 Å². The summed E-state index contributed by atoms with van der Waals surface area (Å²) in [5.41, 5.74) is 0.281. The van der Waals surface area contributed by atoms with Gasteiger partial charge in [-0.25, -0.2) is 19.3 Å². The van der Waals surface area contributed by atoms with Gasteiger partial charge in [0.25, 0.3) is 0 Å². The van der Waals surface area contributed by atoms with Gasteiger partial charge in [-0.3, -0.25) is 4.79 Å². The first kappa shape index (κ1) is 19.3. The van der Waals surface area contributed by atoms with Gasteiger partial charge in [-0.05, 0) is 19.9 Å². The zero-order valence-corrected chi connectivity index (χ0v) is 16.1. The minimum atomic E-state index is -1.06. The minimum Gasteiger partial charge on any atom is -0.355 e. The molecule has 0 aliphatic heterocycles. The molecule has 27 heavy (non-hydrogen) atoms. The van der Waals surface area contributed by atoms with Gasteiger partial charge in [-0.1, -0.05) is 23.2 Å². The van der Waals surface area contributed by atoms with Crippen LogP contribution >= 0.6 is 23.2 Å². The molecule has 0 atom stereocenters. The van der Waals surface area contributed by atoms with Crippen molar-refractivity contribution >= 4 is 46.0 Å². The summed E-state index contributed by atoms with van der Waals surface area (Å²) in [4.78, 5) is 28.2. The Kier molecular flexibility index (Phi) is 5.48. The SMILES string of the molecule is CC(C)(Nc1nc(-c2c[nH]c3ncc(Cl)cc23)ncc1Cl)C(=O)NCCF.[HH].[HH].[HH]. The quantitative estimate of drug-likeness (QED) is 0.555. The molecule has 0 radical (unpaired) electrons. The molecular weight excluding hydrogens is 394 g/mol. The van der Waals surface area contributed by atoms with Crippen LogP contribution in [0, 0.1) is 0 Å².